The third-order valence-electron chi connectivity index (χ3n) is 2.63. The Balaban J connectivity index is 0.000000845. The smallest absolute Gasteiger partial charge is 0.123 e. The quantitative estimate of drug-likeness (QED) is 0.775. The van der Waals surface area contributed by atoms with E-state index in [0.717, 1.165) is 12.8 Å². The Morgan fingerprint density at radius 3 is 2.15 bits per heavy atom. The Morgan fingerprint density at radius 1 is 1.23 bits per heavy atom. The minimum Gasteiger partial charge on any atom is -0.310 e. The van der Waals surface area contributed by atoms with Crippen LogP contribution >= 0.6 is 12.4 Å². The molecule has 1 N–H and O–H groups in total. The Labute approximate surface area is 83.8 Å². The van der Waals surface area contributed by atoms with Gasteiger partial charge in [-0.15, -0.1) is 12.4 Å². The van der Waals surface area contributed by atoms with Gasteiger partial charge < -0.3 is 5.32 Å². The summed E-state index contributed by atoms with van der Waals surface area (Å²) >= 11 is 0. The van der Waals surface area contributed by atoms with Gasteiger partial charge in [-0.25, -0.2) is 4.39 Å². The van der Waals surface area contributed by atoms with E-state index in [0.29, 0.717) is 0 Å². The molecular formula is C10H13ClFN. The highest BCUT2D eigenvalue weighted by Crippen LogP contribution is 2.44. The molecule has 1 nitrogen and oxygen atoms in total. The summed E-state index contributed by atoms with van der Waals surface area (Å²) in [6.45, 7) is 0. The Morgan fingerprint density at radius 2 is 1.77 bits per heavy atom. The molecular weight excluding hydrogens is 189 g/mol. The summed E-state index contributed by atoms with van der Waals surface area (Å²) in [5, 5.41) is 3.27. The maximum absolute atomic E-state index is 12.6. The fourth-order valence-corrected chi connectivity index (χ4v) is 1.58. The lowest BCUT2D eigenvalue weighted by molar-refractivity contribution is 0.580. The topological polar surface area (TPSA) is 12.0 Å². The molecule has 1 fully saturated rings. The zero-order chi connectivity index (χ0) is 8.60. The van der Waals surface area contributed by atoms with Gasteiger partial charge in [-0.1, -0.05) is 12.1 Å². The van der Waals surface area contributed by atoms with Crippen molar-refractivity contribution in [3.05, 3.63) is 35.6 Å². The molecule has 0 radical (unpaired) electrons. The molecule has 72 valence electrons. The summed E-state index contributed by atoms with van der Waals surface area (Å²) in [6.07, 6.45) is 2.32. The van der Waals surface area contributed by atoms with Gasteiger partial charge in [0.15, 0.2) is 0 Å². The van der Waals surface area contributed by atoms with Gasteiger partial charge in [0, 0.05) is 5.54 Å². The van der Waals surface area contributed by atoms with Crippen molar-refractivity contribution in [2.24, 2.45) is 0 Å². The highest BCUT2D eigenvalue weighted by molar-refractivity contribution is 5.85. The van der Waals surface area contributed by atoms with Crippen molar-refractivity contribution in [2.45, 2.75) is 18.4 Å². The lowest BCUT2D eigenvalue weighted by atomic mass is 10.1. The molecule has 0 aliphatic heterocycles. The molecule has 0 spiro atoms. The molecule has 0 bridgehead atoms. The van der Waals surface area contributed by atoms with Crippen molar-refractivity contribution in [3.8, 4) is 0 Å². The van der Waals surface area contributed by atoms with Gasteiger partial charge in [-0.05, 0) is 37.6 Å². The predicted molar refractivity (Wildman–Crippen MR) is 53.6 cm³/mol. The first kappa shape index (κ1) is 10.5. The Bertz CT molecular complexity index is 279. The predicted octanol–water partition coefficient (Wildman–Crippen LogP) is 2.46. The van der Waals surface area contributed by atoms with Crippen molar-refractivity contribution < 1.29 is 4.39 Å². The lowest BCUT2D eigenvalue weighted by Crippen LogP contribution is -2.24. The SMILES string of the molecule is CNC1(c2ccc(F)cc2)CC1.Cl. The molecule has 1 aliphatic carbocycles. The monoisotopic (exact) mass is 201 g/mol. The fraction of sp³-hybridized carbons (Fsp3) is 0.400. The van der Waals surface area contributed by atoms with Crippen molar-refractivity contribution in [3.63, 3.8) is 0 Å². The van der Waals surface area contributed by atoms with Crippen LogP contribution in [-0.4, -0.2) is 7.05 Å². The number of hydrogen-bond acceptors (Lipinski definition) is 1. The van der Waals surface area contributed by atoms with Crippen molar-refractivity contribution in [2.75, 3.05) is 7.05 Å². The van der Waals surface area contributed by atoms with Crippen LogP contribution < -0.4 is 5.32 Å². The second kappa shape index (κ2) is 3.64. The van der Waals surface area contributed by atoms with Crippen molar-refractivity contribution in [1.82, 2.24) is 5.32 Å². The van der Waals surface area contributed by atoms with E-state index in [1.807, 2.05) is 19.2 Å². The average Bonchev–Trinajstić information content (AvgIpc) is 2.86. The highest BCUT2D eigenvalue weighted by atomic mass is 35.5. The number of halogens is 2. The zero-order valence-corrected chi connectivity index (χ0v) is 8.33. The van der Waals surface area contributed by atoms with Gasteiger partial charge in [-0.3, -0.25) is 0 Å². The molecule has 1 saturated carbocycles. The molecule has 1 aliphatic rings. The van der Waals surface area contributed by atoms with E-state index in [9.17, 15) is 4.39 Å². The van der Waals surface area contributed by atoms with Gasteiger partial charge in [0.05, 0.1) is 0 Å². The summed E-state index contributed by atoms with van der Waals surface area (Å²) < 4.78 is 12.6. The number of nitrogens with one attached hydrogen (secondary N) is 1. The standard InChI is InChI=1S/C10H12FN.ClH/c1-12-10(6-7-10)8-2-4-9(11)5-3-8;/h2-5,12H,6-7H2,1H3;1H. The van der Waals surface area contributed by atoms with Crippen LogP contribution in [0.4, 0.5) is 4.39 Å². The summed E-state index contributed by atoms with van der Waals surface area (Å²) in [6, 6.07) is 6.76. The summed E-state index contributed by atoms with van der Waals surface area (Å²) in [5.41, 5.74) is 1.36. The van der Waals surface area contributed by atoms with Crippen molar-refractivity contribution in [1.29, 1.82) is 0 Å². The lowest BCUT2D eigenvalue weighted by Gasteiger charge is -2.13. The van der Waals surface area contributed by atoms with E-state index in [-0.39, 0.29) is 23.8 Å². The Kier molecular flexibility index (Phi) is 2.94. The fourth-order valence-electron chi connectivity index (χ4n) is 1.58. The van der Waals surface area contributed by atoms with Gasteiger partial charge in [0.2, 0.25) is 0 Å². The maximum Gasteiger partial charge on any atom is 0.123 e. The van der Waals surface area contributed by atoms with Crippen LogP contribution in [0.2, 0.25) is 0 Å². The van der Waals surface area contributed by atoms with E-state index >= 15 is 0 Å². The second-order valence-electron chi connectivity index (χ2n) is 3.34. The Hall–Kier alpha value is -0.600. The molecule has 0 unspecified atom stereocenters. The summed E-state index contributed by atoms with van der Waals surface area (Å²) in [5.74, 6) is -0.161. The molecule has 1 aromatic rings. The van der Waals surface area contributed by atoms with Crippen LogP contribution in [0.1, 0.15) is 18.4 Å². The largest absolute Gasteiger partial charge is 0.310 e. The number of hydrogen-bond donors (Lipinski definition) is 1. The van der Waals surface area contributed by atoms with Crippen molar-refractivity contribution >= 4 is 12.4 Å². The molecule has 0 atom stereocenters. The van der Waals surface area contributed by atoms with E-state index in [4.69, 9.17) is 0 Å². The third-order valence-corrected chi connectivity index (χ3v) is 2.63. The van der Waals surface area contributed by atoms with Crippen LogP contribution in [-0.2, 0) is 5.54 Å². The maximum atomic E-state index is 12.6. The van der Waals surface area contributed by atoms with Gasteiger partial charge >= 0.3 is 0 Å². The molecule has 13 heavy (non-hydrogen) atoms. The van der Waals surface area contributed by atoms with Crippen LogP contribution in [0.25, 0.3) is 0 Å². The van der Waals surface area contributed by atoms with E-state index in [2.05, 4.69) is 5.32 Å². The minimum atomic E-state index is -0.161. The minimum absolute atomic E-state index is 0. The molecule has 0 heterocycles. The number of benzene rings is 1. The van der Waals surface area contributed by atoms with Crippen LogP contribution in [0.15, 0.2) is 24.3 Å². The van der Waals surface area contributed by atoms with Gasteiger partial charge in [0.25, 0.3) is 0 Å². The van der Waals surface area contributed by atoms with Gasteiger partial charge in [0.1, 0.15) is 5.82 Å². The van der Waals surface area contributed by atoms with Crippen LogP contribution in [0.3, 0.4) is 0 Å². The third kappa shape index (κ3) is 1.84. The molecule has 0 amide bonds. The second-order valence-corrected chi connectivity index (χ2v) is 3.34. The molecule has 0 saturated heterocycles. The normalized spacial score (nSPS) is 17.7. The van der Waals surface area contributed by atoms with E-state index in [1.54, 1.807) is 0 Å². The number of rotatable bonds is 2. The molecule has 1 aromatic carbocycles. The van der Waals surface area contributed by atoms with E-state index in [1.165, 1.54) is 17.7 Å². The first-order chi connectivity index (χ1) is 5.77. The average molecular weight is 202 g/mol. The van der Waals surface area contributed by atoms with E-state index < -0.39 is 0 Å². The molecule has 0 aromatic heterocycles. The first-order valence-electron chi connectivity index (χ1n) is 4.22. The zero-order valence-electron chi connectivity index (χ0n) is 7.51. The van der Waals surface area contributed by atoms with Crippen LogP contribution in [0, 0.1) is 5.82 Å². The van der Waals surface area contributed by atoms with Crippen LogP contribution in [0.5, 0.6) is 0 Å². The summed E-state index contributed by atoms with van der Waals surface area (Å²) in [7, 11) is 1.95. The molecule has 3 heteroatoms. The van der Waals surface area contributed by atoms with Gasteiger partial charge in [-0.2, -0.15) is 0 Å². The first-order valence-corrected chi connectivity index (χ1v) is 4.22. The summed E-state index contributed by atoms with van der Waals surface area (Å²) in [4.78, 5) is 0. The molecule has 2 rings (SSSR count). The highest BCUT2D eigenvalue weighted by Gasteiger charge is 2.42.